The molecule has 5 rings (SSSR count). The zero-order valence-electron chi connectivity index (χ0n) is 18.2. The van der Waals surface area contributed by atoms with Crippen molar-refractivity contribution in [3.63, 3.8) is 0 Å². The average Bonchev–Trinajstić information content (AvgIpc) is 3.24. The number of carbonyl (C=O) groups excluding carboxylic acids is 1. The Kier molecular flexibility index (Phi) is 6.19. The van der Waals surface area contributed by atoms with Gasteiger partial charge in [0, 0.05) is 21.5 Å². The number of carbonyl (C=O) groups is 1. The highest BCUT2D eigenvalue weighted by atomic mass is 35.5. The van der Waals surface area contributed by atoms with Crippen LogP contribution in [0.15, 0.2) is 85.1 Å². The van der Waals surface area contributed by atoms with Crippen LogP contribution in [0.1, 0.15) is 16.1 Å². The largest absolute Gasteiger partial charge is 0.319 e. The number of benzene rings is 3. The fraction of sp³-hybridized carbons (Fsp3) is 0.0370. The number of nitrogens with zero attached hydrogens (tertiary/aromatic N) is 4. The van der Waals surface area contributed by atoms with Gasteiger partial charge in [-0.3, -0.25) is 9.78 Å². The van der Waals surface area contributed by atoms with E-state index < -0.39 is 5.91 Å². The summed E-state index contributed by atoms with van der Waals surface area (Å²) in [5, 5.41) is 19.0. The first-order valence-corrected chi connectivity index (χ1v) is 11.5. The summed E-state index contributed by atoms with van der Waals surface area (Å²) in [6.45, 7) is 0. The molecule has 8 heteroatoms. The number of anilines is 1. The minimum atomic E-state index is -0.451. The minimum Gasteiger partial charge on any atom is -0.319 e. The molecule has 170 valence electrons. The summed E-state index contributed by atoms with van der Waals surface area (Å²) in [5.74, 6) is -0.451. The molecule has 1 amide bonds. The quantitative estimate of drug-likeness (QED) is 0.292. The maximum Gasteiger partial charge on any atom is 0.276 e. The Bertz CT molecular complexity index is 1600. The maximum atomic E-state index is 13.4. The number of pyridine rings is 1. The van der Waals surface area contributed by atoms with Crippen molar-refractivity contribution in [2.24, 2.45) is 0 Å². The molecule has 0 unspecified atom stereocenters. The summed E-state index contributed by atoms with van der Waals surface area (Å²) in [5.41, 5.74) is 3.90. The maximum absolute atomic E-state index is 13.4. The van der Waals surface area contributed by atoms with Gasteiger partial charge in [-0.25, -0.2) is 4.68 Å². The lowest BCUT2D eigenvalue weighted by atomic mass is 10.0. The highest BCUT2D eigenvalue weighted by molar-refractivity contribution is 6.32. The first-order valence-electron chi connectivity index (χ1n) is 10.7. The number of amides is 1. The topological polar surface area (TPSA) is 83.6 Å². The van der Waals surface area contributed by atoms with E-state index in [2.05, 4.69) is 21.5 Å². The zero-order valence-corrected chi connectivity index (χ0v) is 19.8. The predicted octanol–water partition coefficient (Wildman–Crippen LogP) is 6.71. The van der Waals surface area contributed by atoms with Crippen molar-refractivity contribution in [3.05, 3.63) is 106 Å². The molecule has 5 aromatic rings. The standard InChI is InChI=1S/C27H17Cl2N5O/c28-19-11-9-17(10-12-19)26-21(13-14-30)25(33-34(26)24-8-4-2-6-22(24)29)27(35)32-20-15-18-5-1-3-7-23(18)31-16-20/h1-12,15-16H,13H2,(H,32,35). The molecule has 1 N–H and O–H groups in total. The van der Waals surface area contributed by atoms with E-state index in [-0.39, 0.29) is 12.1 Å². The Labute approximate surface area is 211 Å². The Hall–Kier alpha value is -4.18. The van der Waals surface area contributed by atoms with E-state index in [0.29, 0.717) is 32.7 Å². The third-order valence-electron chi connectivity index (χ3n) is 5.50. The van der Waals surface area contributed by atoms with Crippen LogP contribution in [0.2, 0.25) is 10.0 Å². The summed E-state index contributed by atoms with van der Waals surface area (Å²) in [4.78, 5) is 17.8. The van der Waals surface area contributed by atoms with Gasteiger partial charge in [0.25, 0.3) is 5.91 Å². The van der Waals surface area contributed by atoms with Gasteiger partial charge in [0.15, 0.2) is 5.69 Å². The smallest absolute Gasteiger partial charge is 0.276 e. The fourth-order valence-corrected chi connectivity index (χ4v) is 4.25. The summed E-state index contributed by atoms with van der Waals surface area (Å²) in [6.07, 6.45) is 1.57. The van der Waals surface area contributed by atoms with Gasteiger partial charge in [-0.05, 0) is 36.4 Å². The summed E-state index contributed by atoms with van der Waals surface area (Å²) in [6, 6.07) is 26.0. The van der Waals surface area contributed by atoms with Gasteiger partial charge in [0.05, 0.1) is 46.3 Å². The number of nitrogens with one attached hydrogen (secondary N) is 1. The van der Waals surface area contributed by atoms with Crippen molar-refractivity contribution in [2.75, 3.05) is 5.32 Å². The van der Waals surface area contributed by atoms with Crippen LogP contribution in [-0.2, 0) is 6.42 Å². The molecule has 0 bridgehead atoms. The van der Waals surface area contributed by atoms with E-state index in [0.717, 1.165) is 16.5 Å². The van der Waals surface area contributed by atoms with Crippen LogP contribution in [0, 0.1) is 11.3 Å². The molecule has 3 aromatic carbocycles. The third kappa shape index (κ3) is 4.47. The molecular weight excluding hydrogens is 481 g/mol. The molecule has 0 aliphatic carbocycles. The summed E-state index contributed by atoms with van der Waals surface area (Å²) >= 11 is 12.6. The Morgan fingerprint density at radius 2 is 1.74 bits per heavy atom. The molecule has 35 heavy (non-hydrogen) atoms. The Morgan fingerprint density at radius 3 is 2.51 bits per heavy atom. The van der Waals surface area contributed by atoms with Crippen molar-refractivity contribution in [2.45, 2.75) is 6.42 Å². The van der Waals surface area contributed by atoms with Crippen molar-refractivity contribution >= 4 is 45.7 Å². The van der Waals surface area contributed by atoms with Gasteiger partial charge in [0.1, 0.15) is 0 Å². The van der Waals surface area contributed by atoms with Crippen molar-refractivity contribution in [1.82, 2.24) is 14.8 Å². The molecule has 0 fully saturated rings. The first-order chi connectivity index (χ1) is 17.0. The molecule has 0 atom stereocenters. The van der Waals surface area contributed by atoms with Gasteiger partial charge in [-0.1, -0.05) is 65.7 Å². The van der Waals surface area contributed by atoms with Crippen LogP contribution in [0.3, 0.4) is 0 Å². The fourth-order valence-electron chi connectivity index (χ4n) is 3.91. The highest BCUT2D eigenvalue weighted by Crippen LogP contribution is 2.33. The number of nitriles is 1. The molecule has 6 nitrogen and oxygen atoms in total. The molecule has 0 saturated heterocycles. The summed E-state index contributed by atoms with van der Waals surface area (Å²) < 4.78 is 1.60. The monoisotopic (exact) mass is 497 g/mol. The molecule has 2 heterocycles. The Balaban J connectivity index is 1.65. The zero-order chi connectivity index (χ0) is 24.4. The first kappa shape index (κ1) is 22.6. The van der Waals surface area contributed by atoms with E-state index >= 15 is 0 Å². The molecule has 0 aliphatic rings. The lowest BCUT2D eigenvalue weighted by Crippen LogP contribution is -2.15. The second-order valence-corrected chi connectivity index (χ2v) is 8.60. The van der Waals surface area contributed by atoms with Crippen LogP contribution >= 0.6 is 23.2 Å². The number of hydrogen-bond acceptors (Lipinski definition) is 4. The number of hydrogen-bond donors (Lipinski definition) is 1. The van der Waals surface area contributed by atoms with Crippen LogP contribution in [0.5, 0.6) is 0 Å². The van der Waals surface area contributed by atoms with Gasteiger partial charge >= 0.3 is 0 Å². The molecule has 0 spiro atoms. The second-order valence-electron chi connectivity index (χ2n) is 7.75. The molecule has 0 saturated carbocycles. The number of halogens is 2. The van der Waals surface area contributed by atoms with E-state index in [1.807, 2.05) is 54.6 Å². The Morgan fingerprint density at radius 1 is 1.00 bits per heavy atom. The number of rotatable bonds is 5. The van der Waals surface area contributed by atoms with Crippen LogP contribution < -0.4 is 5.32 Å². The molecule has 2 aromatic heterocycles. The molecular formula is C27H17Cl2N5O. The highest BCUT2D eigenvalue weighted by Gasteiger charge is 2.25. The van der Waals surface area contributed by atoms with Crippen molar-refractivity contribution < 1.29 is 4.79 Å². The van der Waals surface area contributed by atoms with Crippen LogP contribution in [0.25, 0.3) is 27.8 Å². The van der Waals surface area contributed by atoms with Crippen LogP contribution in [0.4, 0.5) is 5.69 Å². The minimum absolute atomic E-state index is 0.0267. The van der Waals surface area contributed by atoms with Gasteiger partial charge < -0.3 is 5.32 Å². The summed E-state index contributed by atoms with van der Waals surface area (Å²) in [7, 11) is 0. The second kappa shape index (κ2) is 9.59. The number of aromatic nitrogens is 3. The molecule has 0 radical (unpaired) electrons. The van der Waals surface area contributed by atoms with Crippen molar-refractivity contribution in [1.29, 1.82) is 5.26 Å². The lowest BCUT2D eigenvalue weighted by Gasteiger charge is -2.10. The number of fused-ring (bicyclic) bond motifs is 1. The van der Waals surface area contributed by atoms with Crippen LogP contribution in [-0.4, -0.2) is 20.7 Å². The van der Waals surface area contributed by atoms with E-state index in [1.165, 1.54) is 0 Å². The van der Waals surface area contributed by atoms with Gasteiger partial charge in [-0.2, -0.15) is 10.4 Å². The predicted molar refractivity (Wildman–Crippen MR) is 138 cm³/mol. The number of para-hydroxylation sites is 2. The van der Waals surface area contributed by atoms with Crippen molar-refractivity contribution in [3.8, 4) is 23.0 Å². The van der Waals surface area contributed by atoms with E-state index in [9.17, 15) is 10.1 Å². The average molecular weight is 498 g/mol. The van der Waals surface area contributed by atoms with E-state index in [4.69, 9.17) is 23.2 Å². The molecule has 0 aliphatic heterocycles. The normalized spacial score (nSPS) is 10.8. The third-order valence-corrected chi connectivity index (χ3v) is 6.07. The van der Waals surface area contributed by atoms with Gasteiger partial charge in [-0.15, -0.1) is 0 Å². The SMILES string of the molecule is N#CCc1c(C(=O)Nc2cnc3ccccc3c2)nn(-c2ccccc2Cl)c1-c1ccc(Cl)cc1. The lowest BCUT2D eigenvalue weighted by molar-refractivity contribution is 0.102. The van der Waals surface area contributed by atoms with E-state index in [1.54, 1.807) is 35.1 Å². The van der Waals surface area contributed by atoms with Gasteiger partial charge in [0.2, 0.25) is 0 Å².